The van der Waals surface area contributed by atoms with Gasteiger partial charge in [0.15, 0.2) is 17.3 Å². The quantitative estimate of drug-likeness (QED) is 0.723. The van der Waals surface area contributed by atoms with Crippen LogP contribution < -0.4 is 10.1 Å². The van der Waals surface area contributed by atoms with Crippen molar-refractivity contribution in [3.05, 3.63) is 58.8 Å². The minimum atomic E-state index is -0.434. The molecule has 1 aromatic heterocycles. The van der Waals surface area contributed by atoms with Crippen molar-refractivity contribution >= 4 is 17.9 Å². The Bertz CT molecular complexity index is 892. The second kappa shape index (κ2) is 8.53. The molecular weight excluding hydrogens is 347 g/mol. The first kappa shape index (κ1) is 18.7. The van der Waals surface area contributed by atoms with Crippen LogP contribution in [0.1, 0.15) is 34.8 Å². The number of Topliss-reactive ketones (excluding diaryl/α,β-unsaturated/α-hetero) is 1. The average Bonchev–Trinajstić information content (AvgIpc) is 3.20. The van der Waals surface area contributed by atoms with Crippen molar-refractivity contribution in [2.75, 3.05) is 19.0 Å². The van der Waals surface area contributed by atoms with Crippen LogP contribution in [0.5, 0.6) is 5.75 Å². The maximum Gasteiger partial charge on any atom is 0.227 e. The summed E-state index contributed by atoms with van der Waals surface area (Å²) in [6.45, 7) is 2.44. The van der Waals surface area contributed by atoms with E-state index in [0.717, 1.165) is 11.3 Å². The van der Waals surface area contributed by atoms with Crippen LogP contribution in [0.4, 0.5) is 10.3 Å². The van der Waals surface area contributed by atoms with Crippen molar-refractivity contribution < 1.29 is 13.9 Å². The van der Waals surface area contributed by atoms with Crippen molar-refractivity contribution in [1.29, 1.82) is 0 Å². The molecule has 1 aliphatic heterocycles. The minimum Gasteiger partial charge on any atom is -0.494 e. The molecule has 0 spiro atoms. The minimum absolute atomic E-state index is 0.0435. The van der Waals surface area contributed by atoms with E-state index in [4.69, 9.17) is 4.74 Å². The number of nitrogens with one attached hydrogen (secondary N) is 1. The molecule has 7 heteroatoms. The smallest absolute Gasteiger partial charge is 0.227 e. The molecular formula is C20H21FN4O2. The number of methoxy groups -OCH3 is 1. The number of carbonyl (C=O) groups excluding carboxylic acids is 1. The van der Waals surface area contributed by atoms with Crippen molar-refractivity contribution in [1.82, 2.24) is 9.97 Å². The molecule has 2 heterocycles. The Kier molecular flexibility index (Phi) is 5.90. The van der Waals surface area contributed by atoms with Gasteiger partial charge in [0.2, 0.25) is 5.95 Å². The van der Waals surface area contributed by atoms with Gasteiger partial charge >= 0.3 is 0 Å². The third kappa shape index (κ3) is 4.55. The molecule has 0 fully saturated rings. The third-order valence-corrected chi connectivity index (χ3v) is 4.27. The molecule has 0 atom stereocenters. The molecule has 0 amide bonds. The van der Waals surface area contributed by atoms with Crippen LogP contribution in [0.15, 0.2) is 41.3 Å². The molecule has 2 aromatic rings. The number of halogens is 1. The SMILES string of the molecule is CCC(=O)c1cc(CCc2cnc(NC3=CCN=C3)nc2)c(F)c(OC)c1. The number of nitrogens with zero attached hydrogens (tertiary/aromatic N) is 3. The molecule has 1 N–H and O–H groups in total. The van der Waals surface area contributed by atoms with E-state index in [1.807, 2.05) is 6.08 Å². The van der Waals surface area contributed by atoms with Crippen molar-refractivity contribution in [2.45, 2.75) is 26.2 Å². The Morgan fingerprint density at radius 1 is 1.26 bits per heavy atom. The number of aromatic nitrogens is 2. The van der Waals surface area contributed by atoms with Crippen LogP contribution in [-0.4, -0.2) is 35.6 Å². The normalized spacial score (nSPS) is 12.8. The average molecular weight is 368 g/mol. The Hall–Kier alpha value is -3.09. The summed E-state index contributed by atoms with van der Waals surface area (Å²) in [6.07, 6.45) is 8.42. The number of hydrogen-bond donors (Lipinski definition) is 1. The second-order valence-corrected chi connectivity index (χ2v) is 6.12. The monoisotopic (exact) mass is 368 g/mol. The topological polar surface area (TPSA) is 76.5 Å². The molecule has 140 valence electrons. The van der Waals surface area contributed by atoms with E-state index in [-0.39, 0.29) is 11.5 Å². The van der Waals surface area contributed by atoms with E-state index < -0.39 is 5.82 Å². The number of rotatable bonds is 8. The molecule has 6 nitrogen and oxygen atoms in total. The summed E-state index contributed by atoms with van der Waals surface area (Å²) >= 11 is 0. The number of allylic oxidation sites excluding steroid dienone is 1. The highest BCUT2D eigenvalue weighted by Gasteiger charge is 2.15. The molecule has 3 rings (SSSR count). The number of benzene rings is 1. The Morgan fingerprint density at radius 3 is 2.67 bits per heavy atom. The molecule has 1 aliphatic rings. The van der Waals surface area contributed by atoms with Crippen LogP contribution in [0.2, 0.25) is 0 Å². The fourth-order valence-corrected chi connectivity index (χ4v) is 2.75. The summed E-state index contributed by atoms with van der Waals surface area (Å²) in [7, 11) is 1.40. The number of ketones is 1. The summed E-state index contributed by atoms with van der Waals surface area (Å²) in [5, 5.41) is 3.07. The highest BCUT2D eigenvalue weighted by Crippen LogP contribution is 2.25. The van der Waals surface area contributed by atoms with Gasteiger partial charge in [-0.3, -0.25) is 9.79 Å². The lowest BCUT2D eigenvalue weighted by Crippen LogP contribution is -2.05. The van der Waals surface area contributed by atoms with E-state index in [2.05, 4.69) is 20.3 Å². The first-order valence-electron chi connectivity index (χ1n) is 8.78. The molecule has 0 bridgehead atoms. The maximum atomic E-state index is 14.5. The molecule has 27 heavy (non-hydrogen) atoms. The van der Waals surface area contributed by atoms with Crippen molar-refractivity contribution in [3.63, 3.8) is 0 Å². The Balaban J connectivity index is 1.70. The Morgan fingerprint density at radius 2 is 2.04 bits per heavy atom. The zero-order valence-corrected chi connectivity index (χ0v) is 15.3. The molecule has 0 unspecified atom stereocenters. The van der Waals surface area contributed by atoms with Crippen LogP contribution in [0.25, 0.3) is 0 Å². The zero-order valence-electron chi connectivity index (χ0n) is 15.3. The molecule has 0 radical (unpaired) electrons. The number of carbonyl (C=O) groups is 1. The summed E-state index contributed by atoms with van der Waals surface area (Å²) in [5.74, 6) is 0.100. The van der Waals surface area contributed by atoms with Gasteiger partial charge in [0.25, 0.3) is 0 Å². The summed E-state index contributed by atoms with van der Waals surface area (Å²) < 4.78 is 19.6. The number of ether oxygens (including phenoxy) is 1. The van der Waals surface area contributed by atoms with Gasteiger partial charge < -0.3 is 10.1 Å². The van der Waals surface area contributed by atoms with Crippen molar-refractivity contribution in [3.8, 4) is 5.75 Å². The molecule has 0 aliphatic carbocycles. The predicted molar refractivity (Wildman–Crippen MR) is 102 cm³/mol. The zero-order chi connectivity index (χ0) is 19.2. The van der Waals surface area contributed by atoms with E-state index in [0.29, 0.717) is 42.9 Å². The van der Waals surface area contributed by atoms with Gasteiger partial charge in [0.05, 0.1) is 19.4 Å². The van der Waals surface area contributed by atoms with E-state index in [9.17, 15) is 9.18 Å². The summed E-state index contributed by atoms with van der Waals surface area (Å²) in [5.41, 5.74) is 2.66. The van der Waals surface area contributed by atoms with E-state index in [1.54, 1.807) is 31.6 Å². The van der Waals surface area contributed by atoms with Gasteiger partial charge in [0, 0.05) is 30.6 Å². The van der Waals surface area contributed by atoms with Gasteiger partial charge in [-0.05, 0) is 42.2 Å². The number of aryl methyl sites for hydroxylation is 2. The molecule has 1 aromatic carbocycles. The number of anilines is 1. The van der Waals surface area contributed by atoms with Crippen LogP contribution in [0.3, 0.4) is 0 Å². The number of aliphatic imine (C=N–C) groups is 1. The Labute approximate surface area is 157 Å². The fourth-order valence-electron chi connectivity index (χ4n) is 2.75. The van der Waals surface area contributed by atoms with Gasteiger partial charge in [-0.1, -0.05) is 6.92 Å². The highest BCUT2D eigenvalue weighted by molar-refractivity contribution is 5.96. The standard InChI is InChI=1S/C20H21FN4O2/c1-3-17(26)15-8-14(19(21)18(9-15)27-2)5-4-13-10-23-20(24-11-13)25-16-6-7-22-12-16/h6,8-12H,3-5,7H2,1-2H3,(H,23,24,25). The van der Waals surface area contributed by atoms with E-state index >= 15 is 0 Å². The van der Waals surface area contributed by atoms with Crippen LogP contribution in [-0.2, 0) is 12.8 Å². The third-order valence-electron chi connectivity index (χ3n) is 4.27. The van der Waals surface area contributed by atoms with Gasteiger partial charge in [-0.2, -0.15) is 0 Å². The first-order valence-corrected chi connectivity index (χ1v) is 8.78. The van der Waals surface area contributed by atoms with Gasteiger partial charge in [0.1, 0.15) is 0 Å². The van der Waals surface area contributed by atoms with Gasteiger partial charge in [-0.15, -0.1) is 0 Å². The largest absolute Gasteiger partial charge is 0.494 e. The van der Waals surface area contributed by atoms with E-state index in [1.165, 1.54) is 13.2 Å². The van der Waals surface area contributed by atoms with Crippen LogP contribution in [0, 0.1) is 5.82 Å². The second-order valence-electron chi connectivity index (χ2n) is 6.12. The molecule has 0 saturated carbocycles. The molecule has 0 saturated heterocycles. The van der Waals surface area contributed by atoms with Crippen LogP contribution >= 0.6 is 0 Å². The van der Waals surface area contributed by atoms with Crippen molar-refractivity contribution in [2.24, 2.45) is 4.99 Å². The fraction of sp³-hybridized carbons (Fsp3) is 0.300. The highest BCUT2D eigenvalue weighted by atomic mass is 19.1. The first-order chi connectivity index (χ1) is 13.1. The maximum absolute atomic E-state index is 14.5. The predicted octanol–water partition coefficient (Wildman–Crippen LogP) is 3.38. The lowest BCUT2D eigenvalue weighted by molar-refractivity contribution is 0.0987. The number of hydrogen-bond acceptors (Lipinski definition) is 6. The summed E-state index contributed by atoms with van der Waals surface area (Å²) in [4.78, 5) is 24.6. The van der Waals surface area contributed by atoms with Gasteiger partial charge in [-0.25, -0.2) is 14.4 Å². The lowest BCUT2D eigenvalue weighted by atomic mass is 10.00. The lowest BCUT2D eigenvalue weighted by Gasteiger charge is -2.11. The summed E-state index contributed by atoms with van der Waals surface area (Å²) in [6, 6.07) is 3.06.